The maximum Gasteiger partial charge on any atom is 0.202 e. The molecule has 4 heterocycles. The van der Waals surface area contributed by atoms with Gasteiger partial charge in [0.25, 0.3) is 0 Å². The van der Waals surface area contributed by atoms with E-state index in [-0.39, 0.29) is 55.9 Å². The van der Waals surface area contributed by atoms with Crippen molar-refractivity contribution in [2.45, 2.75) is 91.9 Å². The zero-order valence-corrected chi connectivity index (χ0v) is 26.4. The van der Waals surface area contributed by atoms with Crippen LogP contribution in [0.5, 0.6) is 5.75 Å². The van der Waals surface area contributed by atoms with Crippen LogP contribution >= 0.6 is 0 Å². The average Bonchev–Trinajstić information content (AvgIpc) is 2.88. The minimum atomic E-state index is -0.364. The molecule has 6 heteroatoms. The number of hydrogen-bond donors (Lipinski definition) is 2. The van der Waals surface area contributed by atoms with Gasteiger partial charge in [-0.1, -0.05) is 55.4 Å². The number of carbonyl (C=O) groups excluding carboxylic acids is 2. The lowest BCUT2D eigenvalue weighted by Gasteiger charge is -2.51. The number of Topliss-reactive ketones (excluding diaryl/α,β-unsaturated/α-hetero) is 2. The van der Waals surface area contributed by atoms with Crippen LogP contribution in [0.25, 0.3) is 5.57 Å². The Kier molecular flexibility index (Phi) is 5.38. The molecule has 6 aliphatic rings. The van der Waals surface area contributed by atoms with Crippen LogP contribution in [0.4, 0.5) is 5.69 Å². The quantitative estimate of drug-likeness (QED) is 0.370. The Morgan fingerprint density at radius 2 is 1.26 bits per heavy atom. The number of rotatable bonds is 1. The molecule has 2 aliphatic carbocycles. The number of phenolic OH excluding ortho intramolecular Hbond substituents is 1. The molecule has 0 unspecified atom stereocenters. The Balaban J connectivity index is 1.44. The van der Waals surface area contributed by atoms with Crippen molar-refractivity contribution in [3.8, 4) is 5.75 Å². The molecule has 0 bridgehead atoms. The molecule has 6 nitrogen and oxygen atoms in total. The van der Waals surface area contributed by atoms with E-state index >= 15 is 0 Å². The molecule has 0 saturated carbocycles. The van der Waals surface area contributed by atoms with Crippen LogP contribution < -0.4 is 4.90 Å². The van der Waals surface area contributed by atoms with Crippen molar-refractivity contribution in [1.82, 2.24) is 4.90 Å². The topological polar surface area (TPSA) is 81.1 Å². The van der Waals surface area contributed by atoms with Gasteiger partial charge in [-0.3, -0.25) is 9.59 Å². The molecule has 0 spiro atoms. The van der Waals surface area contributed by atoms with Gasteiger partial charge in [0.1, 0.15) is 11.5 Å². The molecule has 42 heavy (non-hydrogen) atoms. The van der Waals surface area contributed by atoms with Gasteiger partial charge in [-0.2, -0.15) is 0 Å². The highest BCUT2D eigenvalue weighted by molar-refractivity contribution is 6.42. The van der Waals surface area contributed by atoms with Crippen LogP contribution in [0, 0.1) is 10.8 Å². The number of allylic oxidation sites excluding steroid dienone is 6. The number of ketones is 2. The lowest BCUT2D eigenvalue weighted by Crippen LogP contribution is -2.48. The number of phenols is 1. The van der Waals surface area contributed by atoms with Gasteiger partial charge in [0.2, 0.25) is 5.78 Å². The van der Waals surface area contributed by atoms with Crippen LogP contribution in [0.2, 0.25) is 0 Å². The first kappa shape index (κ1) is 27.5. The van der Waals surface area contributed by atoms with Gasteiger partial charge >= 0.3 is 0 Å². The van der Waals surface area contributed by atoms with Crippen LogP contribution in [0.1, 0.15) is 97.8 Å². The largest absolute Gasteiger partial charge is 0.507 e. The van der Waals surface area contributed by atoms with Crippen molar-refractivity contribution < 1.29 is 19.8 Å². The van der Waals surface area contributed by atoms with E-state index < -0.39 is 0 Å². The second kappa shape index (κ2) is 8.21. The molecule has 0 aromatic heterocycles. The number of hydrogen-bond acceptors (Lipinski definition) is 6. The number of carbonyl (C=O) groups is 2. The van der Waals surface area contributed by atoms with E-state index in [9.17, 15) is 19.8 Å². The lowest BCUT2D eigenvalue weighted by molar-refractivity contribution is -0.115. The summed E-state index contributed by atoms with van der Waals surface area (Å²) in [7, 11) is 0. The number of nitrogens with zero attached hydrogens (tertiary/aromatic N) is 2. The Hall–Kier alpha value is -3.28. The van der Waals surface area contributed by atoms with Gasteiger partial charge in [0.05, 0.1) is 11.1 Å². The third kappa shape index (κ3) is 3.44. The summed E-state index contributed by atoms with van der Waals surface area (Å²) in [5, 5.41) is 23.4. The van der Waals surface area contributed by atoms with Crippen molar-refractivity contribution in [2.75, 3.05) is 31.1 Å². The van der Waals surface area contributed by atoms with E-state index in [4.69, 9.17) is 0 Å². The molecular weight excluding hydrogens is 524 g/mol. The smallest absolute Gasteiger partial charge is 0.202 e. The summed E-state index contributed by atoms with van der Waals surface area (Å²) in [6.07, 6.45) is 5.58. The molecular formula is C36H44N2O4. The molecule has 1 aromatic carbocycles. The Labute approximate surface area is 249 Å². The second-order valence-corrected chi connectivity index (χ2v) is 16.0. The van der Waals surface area contributed by atoms with Crippen LogP contribution in [0.15, 0.2) is 45.9 Å². The molecule has 2 N–H and O–H groups in total. The van der Waals surface area contributed by atoms with Gasteiger partial charge in [-0.15, -0.1) is 0 Å². The zero-order valence-electron chi connectivity index (χ0n) is 26.4. The van der Waals surface area contributed by atoms with Crippen LogP contribution in [-0.4, -0.2) is 52.9 Å². The number of piperidine rings is 1. The Morgan fingerprint density at radius 1 is 0.690 bits per heavy atom. The number of benzene rings is 1. The second-order valence-electron chi connectivity index (χ2n) is 16.0. The Bertz CT molecular complexity index is 1640. The number of aliphatic hydroxyl groups is 1. The zero-order chi connectivity index (χ0) is 30.3. The fourth-order valence-electron chi connectivity index (χ4n) is 8.40. The Morgan fingerprint density at radius 3 is 1.90 bits per heavy atom. The van der Waals surface area contributed by atoms with E-state index in [2.05, 4.69) is 65.2 Å². The summed E-state index contributed by atoms with van der Waals surface area (Å²) in [5.41, 5.74) is 5.93. The number of aliphatic hydroxyl groups excluding tert-OH is 1. The fourth-order valence-corrected chi connectivity index (χ4v) is 8.40. The standard InChI is InChI=1S/C36H44N2O4/c1-33(2)9-13-37-15-11-35(5,6)25-27(37)21(33)17-19(29(25)39)23-31(41)24(32(23)42)20-18-22-28-26(30(20)40)36(7,8)12-16-38(28)14-10-34(22,3)4/h17-18,39,41H,9-16H2,1-8H3/b24-20+. The minimum Gasteiger partial charge on any atom is -0.507 e. The maximum atomic E-state index is 14.2. The molecule has 1 fully saturated rings. The number of aromatic hydroxyl groups is 1. The van der Waals surface area contributed by atoms with Crippen molar-refractivity contribution in [1.29, 1.82) is 0 Å². The van der Waals surface area contributed by atoms with Crippen molar-refractivity contribution in [3.63, 3.8) is 0 Å². The molecule has 1 saturated heterocycles. The first-order valence-corrected chi connectivity index (χ1v) is 15.6. The average molecular weight is 569 g/mol. The molecule has 0 radical (unpaired) electrons. The van der Waals surface area contributed by atoms with Crippen LogP contribution in [0.3, 0.4) is 0 Å². The molecule has 222 valence electrons. The third-order valence-electron chi connectivity index (χ3n) is 11.5. The monoisotopic (exact) mass is 568 g/mol. The summed E-state index contributed by atoms with van der Waals surface area (Å²) in [6.45, 7) is 21.1. The number of anilines is 1. The molecule has 0 amide bonds. The normalized spacial score (nSPS) is 28.3. The minimum absolute atomic E-state index is 0.0795. The summed E-state index contributed by atoms with van der Waals surface area (Å²) in [6, 6.07) is 1.93. The third-order valence-corrected chi connectivity index (χ3v) is 11.5. The lowest BCUT2D eigenvalue weighted by atomic mass is 9.63. The van der Waals surface area contributed by atoms with E-state index in [1.54, 1.807) is 0 Å². The molecule has 1 aromatic rings. The van der Waals surface area contributed by atoms with E-state index in [1.807, 2.05) is 12.1 Å². The van der Waals surface area contributed by atoms with Crippen molar-refractivity contribution >= 4 is 22.8 Å². The highest BCUT2D eigenvalue weighted by Gasteiger charge is 2.51. The molecule has 7 rings (SSSR count). The van der Waals surface area contributed by atoms with Gasteiger partial charge in [0.15, 0.2) is 5.78 Å². The first-order chi connectivity index (χ1) is 19.5. The molecule has 0 atom stereocenters. The summed E-state index contributed by atoms with van der Waals surface area (Å²) in [5.74, 6) is -0.615. The SMILES string of the molecule is CC1(C)CCN2CCC(C)(C)C3=C2C1=C/C(=C1\C(=O)C(c2cc4c5c(c2O)C(C)(C)CCN5CCC4(C)C)=C1O)C3=O. The van der Waals surface area contributed by atoms with Gasteiger partial charge in [-0.05, 0) is 70.6 Å². The van der Waals surface area contributed by atoms with E-state index in [1.165, 1.54) is 0 Å². The molecule has 4 aliphatic heterocycles. The first-order valence-electron chi connectivity index (χ1n) is 15.6. The van der Waals surface area contributed by atoms with Gasteiger partial charge in [0, 0.05) is 59.8 Å². The summed E-state index contributed by atoms with van der Waals surface area (Å²) < 4.78 is 0. The highest BCUT2D eigenvalue weighted by atomic mass is 16.3. The van der Waals surface area contributed by atoms with E-state index in [0.29, 0.717) is 11.1 Å². The fraction of sp³-hybridized carbons (Fsp3) is 0.556. The maximum absolute atomic E-state index is 14.2. The predicted octanol–water partition coefficient (Wildman–Crippen LogP) is 6.63. The predicted molar refractivity (Wildman–Crippen MR) is 166 cm³/mol. The van der Waals surface area contributed by atoms with Crippen molar-refractivity contribution in [3.05, 3.63) is 62.6 Å². The highest BCUT2D eigenvalue weighted by Crippen LogP contribution is 2.57. The van der Waals surface area contributed by atoms with Crippen LogP contribution in [-0.2, 0) is 20.4 Å². The van der Waals surface area contributed by atoms with Gasteiger partial charge in [-0.25, -0.2) is 0 Å². The van der Waals surface area contributed by atoms with Gasteiger partial charge < -0.3 is 20.0 Å². The summed E-state index contributed by atoms with van der Waals surface area (Å²) in [4.78, 5) is 33.0. The van der Waals surface area contributed by atoms with E-state index in [0.717, 1.165) is 85.5 Å². The van der Waals surface area contributed by atoms with Crippen molar-refractivity contribution in [2.24, 2.45) is 10.8 Å². The summed E-state index contributed by atoms with van der Waals surface area (Å²) >= 11 is 0.